The first kappa shape index (κ1) is 29.5. The molecule has 0 spiro atoms. The third-order valence-corrected chi connectivity index (χ3v) is 16.3. The Balaban J connectivity index is 1.81. The van der Waals surface area contributed by atoms with Crippen molar-refractivity contribution in [2.45, 2.75) is 122 Å². The van der Waals surface area contributed by atoms with E-state index in [9.17, 15) is 0 Å². The predicted molar refractivity (Wildman–Crippen MR) is 160 cm³/mol. The van der Waals surface area contributed by atoms with Gasteiger partial charge in [0, 0.05) is 12.0 Å². The van der Waals surface area contributed by atoms with Gasteiger partial charge in [0.15, 0.2) is 8.32 Å². The van der Waals surface area contributed by atoms with Crippen molar-refractivity contribution < 1.29 is 9.16 Å². The number of nitrogens with zero attached hydrogens (tertiary/aromatic N) is 1. The largest absolute Gasteiger partial charge is 0.416 e. The zero-order valence-electron chi connectivity index (χ0n) is 24.3. The van der Waals surface area contributed by atoms with Crippen LogP contribution in [0.4, 0.5) is 0 Å². The summed E-state index contributed by atoms with van der Waals surface area (Å²) in [4.78, 5) is 3.51. The van der Waals surface area contributed by atoms with Crippen LogP contribution in [-0.2, 0) is 9.16 Å². The van der Waals surface area contributed by atoms with E-state index < -0.39 is 8.32 Å². The fraction of sp³-hybridized carbons (Fsp3) is 0.710. The number of allylic oxidation sites excluding steroid dienone is 1. The first-order chi connectivity index (χ1) is 16.9. The Morgan fingerprint density at radius 3 is 2.19 bits per heavy atom. The summed E-state index contributed by atoms with van der Waals surface area (Å²) in [5.74, 6) is 0.305. The molecule has 0 radical (unpaired) electrons. The highest BCUT2D eigenvalue weighted by Gasteiger charge is 2.58. The molecule has 1 aromatic carbocycles. The molecule has 2 heterocycles. The molecule has 2 fully saturated rings. The summed E-state index contributed by atoms with van der Waals surface area (Å²) in [6.07, 6.45) is 6.21. The van der Waals surface area contributed by atoms with Crippen molar-refractivity contribution in [3.05, 3.63) is 48.6 Å². The molecule has 3 nitrogen and oxygen atoms in total. The third kappa shape index (κ3) is 5.02. The molecular formula is C31H51NO2SSi. The van der Waals surface area contributed by atoms with Gasteiger partial charge in [-0.15, -0.1) is 6.58 Å². The van der Waals surface area contributed by atoms with Crippen LogP contribution in [-0.4, -0.2) is 36.6 Å². The fourth-order valence-electron chi connectivity index (χ4n) is 7.61. The van der Waals surface area contributed by atoms with Gasteiger partial charge in [-0.3, -0.25) is 0 Å². The van der Waals surface area contributed by atoms with E-state index >= 15 is 0 Å². The highest BCUT2D eigenvalue weighted by molar-refractivity contribution is 7.80. The van der Waals surface area contributed by atoms with Crippen LogP contribution in [0.15, 0.2) is 43.0 Å². The number of benzene rings is 1. The first-order valence-electron chi connectivity index (χ1n) is 14.2. The van der Waals surface area contributed by atoms with E-state index in [1.807, 2.05) is 0 Å². The van der Waals surface area contributed by atoms with Gasteiger partial charge in [-0.2, -0.15) is 0 Å². The number of piperidine rings is 1. The summed E-state index contributed by atoms with van der Waals surface area (Å²) >= 11 is 6.39. The molecule has 0 saturated carbocycles. The lowest BCUT2D eigenvalue weighted by Crippen LogP contribution is -2.60. The molecule has 3 rings (SSSR count). The molecule has 0 N–H and O–H groups in total. The van der Waals surface area contributed by atoms with Gasteiger partial charge in [-0.1, -0.05) is 97.1 Å². The van der Waals surface area contributed by atoms with Crippen LogP contribution in [0.5, 0.6) is 0 Å². The van der Waals surface area contributed by atoms with Gasteiger partial charge in [0.2, 0.25) is 0 Å². The van der Waals surface area contributed by atoms with Crippen molar-refractivity contribution in [1.29, 1.82) is 0 Å². The van der Waals surface area contributed by atoms with Crippen LogP contribution in [0.25, 0.3) is 0 Å². The second kappa shape index (κ2) is 11.4. The van der Waals surface area contributed by atoms with Crippen molar-refractivity contribution in [3.63, 3.8) is 0 Å². The Kier molecular flexibility index (Phi) is 9.34. The molecule has 36 heavy (non-hydrogen) atoms. The number of hydrogen-bond acceptors (Lipinski definition) is 3. The minimum Gasteiger partial charge on any atom is -0.416 e. The molecule has 2 saturated heterocycles. The number of ether oxygens (including phenoxy) is 1. The molecule has 0 bridgehead atoms. The standard InChI is InChI=1S/C31H51NO2SSi/c1-11-25(8)31(18-15-21-33-36(22(2)3,23(4)5)24(6)7)20-19-30(10)32(29(31)35)26(9)28(34-30)27-16-13-12-14-17-27/h11-14,16-17,22-26,28H,1,15,18-21H2,2-10H3/t25-,26+,28+,30-,31-/m1/s1. The van der Waals surface area contributed by atoms with E-state index in [1.165, 1.54) is 5.56 Å². The predicted octanol–water partition coefficient (Wildman–Crippen LogP) is 9.07. The van der Waals surface area contributed by atoms with E-state index in [0.717, 1.165) is 37.3 Å². The third-order valence-electron chi connectivity index (χ3n) is 9.60. The lowest BCUT2D eigenvalue weighted by molar-refractivity contribution is -0.0960. The average Bonchev–Trinajstić information content (AvgIpc) is 3.11. The lowest BCUT2D eigenvalue weighted by atomic mass is 9.66. The smallest absolute Gasteiger partial charge is 0.200 e. The molecule has 0 amide bonds. The van der Waals surface area contributed by atoms with Crippen LogP contribution in [0.3, 0.4) is 0 Å². The fourth-order valence-corrected chi connectivity index (χ4v) is 13.9. The van der Waals surface area contributed by atoms with Crippen LogP contribution in [0.2, 0.25) is 16.6 Å². The second-order valence-corrected chi connectivity index (χ2v) is 18.3. The van der Waals surface area contributed by atoms with Gasteiger partial charge >= 0.3 is 0 Å². The van der Waals surface area contributed by atoms with Crippen LogP contribution in [0, 0.1) is 11.3 Å². The van der Waals surface area contributed by atoms with E-state index in [1.54, 1.807) is 0 Å². The van der Waals surface area contributed by atoms with Crippen molar-refractivity contribution >= 4 is 25.5 Å². The quantitative estimate of drug-likeness (QED) is 0.123. The van der Waals surface area contributed by atoms with Crippen LogP contribution in [0.1, 0.15) is 99.7 Å². The summed E-state index contributed by atoms with van der Waals surface area (Å²) in [5.41, 5.74) is 2.61. The van der Waals surface area contributed by atoms with Crippen molar-refractivity contribution in [2.75, 3.05) is 6.61 Å². The molecule has 2 aliphatic rings. The average molecular weight is 530 g/mol. The van der Waals surface area contributed by atoms with Crippen molar-refractivity contribution in [3.8, 4) is 0 Å². The summed E-state index contributed by atoms with van der Waals surface area (Å²) in [7, 11) is -1.87. The van der Waals surface area contributed by atoms with E-state index in [-0.39, 0.29) is 23.3 Å². The second-order valence-electron chi connectivity index (χ2n) is 12.5. The maximum Gasteiger partial charge on any atom is 0.200 e. The van der Waals surface area contributed by atoms with Crippen LogP contribution >= 0.6 is 12.2 Å². The maximum absolute atomic E-state index is 6.93. The molecule has 0 aliphatic carbocycles. The van der Waals surface area contributed by atoms with E-state index in [0.29, 0.717) is 22.5 Å². The Bertz CT molecular complexity index is 881. The SMILES string of the molecule is C=C[C@@H](C)[C@@]1(CCCO[Si](C(C)C)(C(C)C)C(C)C)CC[C@@]2(C)O[C@H](c3ccccc3)[C@H](C)N2C1=S. The first-order valence-corrected chi connectivity index (χ1v) is 16.7. The highest BCUT2D eigenvalue weighted by atomic mass is 32.1. The number of fused-ring (bicyclic) bond motifs is 1. The summed E-state index contributed by atoms with van der Waals surface area (Å²) in [6.45, 7) is 26.0. The van der Waals surface area contributed by atoms with Gasteiger partial charge in [-0.25, -0.2) is 0 Å². The molecule has 202 valence electrons. The normalized spacial score (nSPS) is 29.8. The Labute approximate surface area is 228 Å². The molecule has 0 aromatic heterocycles. The molecule has 2 aliphatic heterocycles. The van der Waals surface area contributed by atoms with E-state index in [2.05, 4.69) is 110 Å². The van der Waals surface area contributed by atoms with E-state index in [4.69, 9.17) is 21.4 Å². The van der Waals surface area contributed by atoms with Crippen molar-refractivity contribution in [1.82, 2.24) is 4.90 Å². The van der Waals surface area contributed by atoms with Gasteiger partial charge in [0.25, 0.3) is 0 Å². The zero-order chi connectivity index (χ0) is 26.9. The zero-order valence-corrected chi connectivity index (χ0v) is 26.2. The number of thiocarbonyl (C=S) groups is 1. The monoisotopic (exact) mass is 529 g/mol. The molecule has 1 aromatic rings. The molecule has 5 heteroatoms. The molecular weight excluding hydrogens is 478 g/mol. The van der Waals surface area contributed by atoms with Gasteiger partial charge in [0.05, 0.1) is 11.0 Å². The van der Waals surface area contributed by atoms with Crippen molar-refractivity contribution in [2.24, 2.45) is 11.3 Å². The Morgan fingerprint density at radius 1 is 1.08 bits per heavy atom. The van der Waals surface area contributed by atoms with Gasteiger partial charge in [-0.05, 0) is 67.6 Å². The van der Waals surface area contributed by atoms with Crippen LogP contribution < -0.4 is 0 Å². The van der Waals surface area contributed by atoms with Gasteiger partial charge < -0.3 is 14.1 Å². The maximum atomic E-state index is 6.93. The lowest BCUT2D eigenvalue weighted by Gasteiger charge is -2.53. The summed E-state index contributed by atoms with van der Waals surface area (Å²) in [6, 6.07) is 10.8. The number of hydrogen-bond donors (Lipinski definition) is 0. The molecule has 0 unspecified atom stereocenters. The Hall–Kier alpha value is -1.01. The highest BCUT2D eigenvalue weighted by Crippen LogP contribution is 2.55. The number of rotatable bonds is 11. The Morgan fingerprint density at radius 2 is 1.67 bits per heavy atom. The minimum atomic E-state index is -1.87. The minimum absolute atomic E-state index is 0.0297. The summed E-state index contributed by atoms with van der Waals surface area (Å²) < 4.78 is 13.7. The van der Waals surface area contributed by atoms with Gasteiger partial charge in [0.1, 0.15) is 11.8 Å². The topological polar surface area (TPSA) is 21.7 Å². The molecule has 5 atom stereocenters. The summed E-state index contributed by atoms with van der Waals surface area (Å²) in [5, 5.41) is 0.